The molecule has 0 aliphatic carbocycles. The smallest absolute Gasteiger partial charge is 0.119 e. The summed E-state index contributed by atoms with van der Waals surface area (Å²) in [6.07, 6.45) is 1.06. The van der Waals surface area contributed by atoms with E-state index in [1.54, 1.807) is 7.11 Å². The van der Waals surface area contributed by atoms with Crippen molar-refractivity contribution in [1.29, 1.82) is 0 Å². The second-order valence-electron chi connectivity index (χ2n) is 4.92. The molecule has 20 heavy (non-hydrogen) atoms. The first-order chi connectivity index (χ1) is 9.76. The van der Waals surface area contributed by atoms with Gasteiger partial charge < -0.3 is 19.7 Å². The van der Waals surface area contributed by atoms with Crippen LogP contribution in [0.2, 0.25) is 0 Å². The van der Waals surface area contributed by atoms with Crippen LogP contribution in [0.5, 0.6) is 5.75 Å². The second kappa shape index (κ2) is 10.7. The molecule has 0 unspecified atom stereocenters. The van der Waals surface area contributed by atoms with Gasteiger partial charge in [0.05, 0.1) is 0 Å². The van der Waals surface area contributed by atoms with Gasteiger partial charge in [0.15, 0.2) is 0 Å². The summed E-state index contributed by atoms with van der Waals surface area (Å²) in [6, 6.07) is 8.30. The number of rotatable bonds is 11. The van der Waals surface area contributed by atoms with E-state index in [2.05, 4.69) is 36.3 Å². The summed E-state index contributed by atoms with van der Waals surface area (Å²) in [6.45, 7) is 7.53. The number of ether oxygens (including phenoxy) is 2. The third-order valence-electron chi connectivity index (χ3n) is 3.13. The van der Waals surface area contributed by atoms with Crippen LogP contribution in [-0.2, 0) is 11.3 Å². The predicted molar refractivity (Wildman–Crippen MR) is 83.3 cm³/mol. The van der Waals surface area contributed by atoms with Crippen LogP contribution in [0.3, 0.4) is 0 Å². The summed E-state index contributed by atoms with van der Waals surface area (Å²) >= 11 is 0. The van der Waals surface area contributed by atoms with Gasteiger partial charge >= 0.3 is 0 Å². The maximum Gasteiger partial charge on any atom is 0.119 e. The molecule has 0 saturated heterocycles. The van der Waals surface area contributed by atoms with Crippen molar-refractivity contribution in [2.45, 2.75) is 19.9 Å². The van der Waals surface area contributed by atoms with E-state index in [-0.39, 0.29) is 0 Å². The predicted octanol–water partition coefficient (Wildman–Crippen LogP) is 2.14. The van der Waals surface area contributed by atoms with E-state index < -0.39 is 0 Å². The monoisotopic (exact) mass is 280 g/mol. The summed E-state index contributed by atoms with van der Waals surface area (Å²) in [7, 11) is 3.85. The number of benzene rings is 1. The Kier molecular flexibility index (Phi) is 9.04. The fourth-order valence-electron chi connectivity index (χ4n) is 1.88. The molecule has 114 valence electrons. The normalized spacial score (nSPS) is 11.0. The topological polar surface area (TPSA) is 33.7 Å². The van der Waals surface area contributed by atoms with Crippen molar-refractivity contribution in [2.75, 3.05) is 47.0 Å². The Hall–Kier alpha value is -1.10. The van der Waals surface area contributed by atoms with Crippen LogP contribution in [0.1, 0.15) is 18.9 Å². The van der Waals surface area contributed by atoms with Crippen LogP contribution in [0.25, 0.3) is 0 Å². The Labute approximate surface area is 123 Å². The minimum absolute atomic E-state index is 0.718. The quantitative estimate of drug-likeness (QED) is 0.630. The van der Waals surface area contributed by atoms with E-state index >= 15 is 0 Å². The van der Waals surface area contributed by atoms with Crippen molar-refractivity contribution in [3.8, 4) is 5.75 Å². The van der Waals surface area contributed by atoms with Gasteiger partial charge in [0.1, 0.15) is 12.4 Å². The first-order valence-corrected chi connectivity index (χ1v) is 7.36. The number of methoxy groups -OCH3 is 1. The van der Waals surface area contributed by atoms with Crippen molar-refractivity contribution >= 4 is 0 Å². The highest BCUT2D eigenvalue weighted by atomic mass is 16.5. The Morgan fingerprint density at radius 3 is 2.50 bits per heavy atom. The van der Waals surface area contributed by atoms with Gasteiger partial charge in [-0.1, -0.05) is 19.1 Å². The number of nitrogens with zero attached hydrogens (tertiary/aromatic N) is 1. The van der Waals surface area contributed by atoms with Gasteiger partial charge in [-0.2, -0.15) is 0 Å². The van der Waals surface area contributed by atoms with Gasteiger partial charge in [-0.05, 0) is 37.7 Å². The van der Waals surface area contributed by atoms with Gasteiger partial charge in [-0.3, -0.25) is 0 Å². The molecular weight excluding hydrogens is 252 g/mol. The molecule has 0 saturated carbocycles. The molecular formula is C16H28N2O2. The summed E-state index contributed by atoms with van der Waals surface area (Å²) in [5, 5.41) is 3.31. The lowest BCUT2D eigenvalue weighted by Crippen LogP contribution is -2.26. The molecule has 0 fully saturated rings. The molecule has 0 radical (unpaired) electrons. The van der Waals surface area contributed by atoms with E-state index in [0.29, 0.717) is 0 Å². The van der Waals surface area contributed by atoms with E-state index in [0.717, 1.165) is 51.6 Å². The minimum atomic E-state index is 0.718. The number of hydrogen-bond donors (Lipinski definition) is 1. The highest BCUT2D eigenvalue weighted by Crippen LogP contribution is 2.12. The summed E-state index contributed by atoms with van der Waals surface area (Å²) in [4.78, 5) is 2.26. The highest BCUT2D eigenvalue weighted by Gasteiger charge is 1.99. The Morgan fingerprint density at radius 1 is 1.10 bits per heavy atom. The molecule has 4 heteroatoms. The number of hydrogen-bond acceptors (Lipinski definition) is 4. The molecule has 0 aliphatic heterocycles. The first-order valence-electron chi connectivity index (χ1n) is 7.36. The van der Waals surface area contributed by atoms with Gasteiger partial charge in [0.25, 0.3) is 0 Å². The van der Waals surface area contributed by atoms with E-state index in [1.807, 2.05) is 12.1 Å². The molecule has 0 aliphatic rings. The zero-order valence-electron chi connectivity index (χ0n) is 13.0. The lowest BCUT2D eigenvalue weighted by atomic mass is 10.2. The number of nitrogens with one attached hydrogen (secondary N) is 1. The van der Waals surface area contributed by atoms with Crippen LogP contribution in [0.4, 0.5) is 0 Å². The van der Waals surface area contributed by atoms with Crippen molar-refractivity contribution < 1.29 is 9.47 Å². The molecule has 4 nitrogen and oxygen atoms in total. The molecule has 0 spiro atoms. The fourth-order valence-corrected chi connectivity index (χ4v) is 1.88. The molecule has 0 atom stereocenters. The highest BCUT2D eigenvalue weighted by molar-refractivity contribution is 5.27. The van der Waals surface area contributed by atoms with E-state index in [1.165, 1.54) is 5.56 Å². The lowest BCUT2D eigenvalue weighted by molar-refractivity contribution is 0.172. The van der Waals surface area contributed by atoms with Crippen molar-refractivity contribution in [3.05, 3.63) is 29.8 Å². The molecule has 0 aromatic heterocycles. The number of likely N-dealkylation sites (N-methyl/N-ethyl adjacent to an activating group) is 1. The maximum atomic E-state index is 5.75. The Balaban J connectivity index is 2.18. The molecule has 1 aromatic rings. The van der Waals surface area contributed by atoms with Crippen LogP contribution < -0.4 is 10.1 Å². The molecule has 0 bridgehead atoms. The van der Waals surface area contributed by atoms with Crippen LogP contribution in [0, 0.1) is 0 Å². The van der Waals surface area contributed by atoms with Crippen molar-refractivity contribution in [2.24, 2.45) is 0 Å². The van der Waals surface area contributed by atoms with E-state index in [9.17, 15) is 0 Å². The first kappa shape index (κ1) is 17.0. The molecule has 0 amide bonds. The summed E-state index contributed by atoms with van der Waals surface area (Å²) in [5.74, 6) is 0.940. The average Bonchev–Trinajstić information content (AvgIpc) is 2.47. The van der Waals surface area contributed by atoms with Crippen LogP contribution in [0.15, 0.2) is 24.3 Å². The average molecular weight is 280 g/mol. The SMILES string of the molecule is CCNCc1ccc(OCCN(C)CCCOC)cc1. The maximum absolute atomic E-state index is 5.75. The standard InChI is InChI=1S/C16H28N2O2/c1-4-17-14-15-6-8-16(9-7-15)20-13-11-18(2)10-5-12-19-3/h6-9,17H,4-5,10-14H2,1-3H3. The second-order valence-corrected chi connectivity index (χ2v) is 4.92. The Morgan fingerprint density at radius 2 is 1.85 bits per heavy atom. The molecule has 1 rings (SSSR count). The Bertz CT molecular complexity index is 341. The molecule has 1 N–H and O–H groups in total. The summed E-state index contributed by atoms with van der Waals surface area (Å²) in [5.41, 5.74) is 1.29. The third-order valence-corrected chi connectivity index (χ3v) is 3.13. The summed E-state index contributed by atoms with van der Waals surface area (Å²) < 4.78 is 10.8. The zero-order chi connectivity index (χ0) is 14.6. The fraction of sp³-hybridized carbons (Fsp3) is 0.625. The third kappa shape index (κ3) is 7.48. The zero-order valence-corrected chi connectivity index (χ0v) is 13.0. The van der Waals surface area contributed by atoms with Crippen LogP contribution in [-0.4, -0.2) is 51.9 Å². The van der Waals surface area contributed by atoms with Gasteiger partial charge in [0, 0.05) is 33.4 Å². The molecule has 1 aromatic carbocycles. The largest absolute Gasteiger partial charge is 0.492 e. The molecule has 0 heterocycles. The van der Waals surface area contributed by atoms with Gasteiger partial charge in [-0.15, -0.1) is 0 Å². The van der Waals surface area contributed by atoms with Crippen LogP contribution >= 0.6 is 0 Å². The minimum Gasteiger partial charge on any atom is -0.492 e. The lowest BCUT2D eigenvalue weighted by Gasteiger charge is -2.16. The van der Waals surface area contributed by atoms with E-state index in [4.69, 9.17) is 9.47 Å². The van der Waals surface area contributed by atoms with Gasteiger partial charge in [-0.25, -0.2) is 0 Å². The van der Waals surface area contributed by atoms with Crippen molar-refractivity contribution in [1.82, 2.24) is 10.2 Å². The van der Waals surface area contributed by atoms with Gasteiger partial charge in [0.2, 0.25) is 0 Å². The van der Waals surface area contributed by atoms with Crippen molar-refractivity contribution in [3.63, 3.8) is 0 Å².